The Hall–Kier alpha value is -1.30. The molecule has 1 saturated carbocycles. The molecule has 148 valence electrons. The van der Waals surface area contributed by atoms with Gasteiger partial charge in [0.05, 0.1) is 0 Å². The Bertz CT molecular complexity index is 502. The van der Waals surface area contributed by atoms with Crippen LogP contribution in [0.25, 0.3) is 0 Å². The first-order valence-electron chi connectivity index (χ1n) is 10.4. The molecule has 3 rings (SSSR count). The van der Waals surface area contributed by atoms with E-state index in [4.69, 9.17) is 9.73 Å². The van der Waals surface area contributed by atoms with Crippen molar-refractivity contribution in [3.8, 4) is 0 Å². The van der Waals surface area contributed by atoms with Crippen molar-refractivity contribution in [2.45, 2.75) is 51.5 Å². The second kappa shape index (κ2) is 9.07. The Balaban J connectivity index is 1.65. The second-order valence-electron chi connectivity index (χ2n) is 8.56. The molecule has 4 atom stereocenters. The van der Waals surface area contributed by atoms with Gasteiger partial charge in [0.1, 0.15) is 6.54 Å². The van der Waals surface area contributed by atoms with Gasteiger partial charge in [-0.2, -0.15) is 0 Å². The van der Waals surface area contributed by atoms with Crippen LogP contribution in [0.3, 0.4) is 0 Å². The minimum absolute atomic E-state index is 0.0564. The maximum Gasteiger partial charge on any atom is 0.243 e. The van der Waals surface area contributed by atoms with Crippen molar-refractivity contribution in [2.75, 3.05) is 46.9 Å². The summed E-state index contributed by atoms with van der Waals surface area (Å²) in [5.41, 5.74) is 0. The number of carbonyl (C=O) groups is 1. The fourth-order valence-corrected chi connectivity index (χ4v) is 4.51. The zero-order valence-electron chi connectivity index (χ0n) is 16.7. The molecule has 0 aromatic rings. The van der Waals surface area contributed by atoms with Crippen molar-refractivity contribution < 1.29 is 9.53 Å². The summed E-state index contributed by atoms with van der Waals surface area (Å²) in [5, 5.41) is 3.73. The molecule has 0 aromatic carbocycles. The smallest absolute Gasteiger partial charge is 0.243 e. The quantitative estimate of drug-likeness (QED) is 0.612. The number of ether oxygens (including phenoxy) is 1. The van der Waals surface area contributed by atoms with Crippen molar-refractivity contribution in [3.63, 3.8) is 0 Å². The van der Waals surface area contributed by atoms with Gasteiger partial charge < -0.3 is 19.9 Å². The first-order chi connectivity index (χ1) is 12.5. The Morgan fingerprint density at radius 1 is 1.19 bits per heavy atom. The van der Waals surface area contributed by atoms with Gasteiger partial charge >= 0.3 is 0 Å². The number of likely N-dealkylation sites (tertiary alicyclic amines) is 1. The maximum atomic E-state index is 12.0. The normalized spacial score (nSPS) is 32.7. The highest BCUT2D eigenvalue weighted by atomic mass is 16.5. The lowest BCUT2D eigenvalue weighted by Crippen LogP contribution is -2.49. The molecule has 0 spiro atoms. The fourth-order valence-electron chi connectivity index (χ4n) is 4.51. The third-order valence-electron chi connectivity index (χ3n) is 6.44. The molecule has 1 aliphatic carbocycles. The molecule has 1 N–H and O–H groups in total. The predicted molar refractivity (Wildman–Crippen MR) is 104 cm³/mol. The van der Waals surface area contributed by atoms with E-state index in [2.05, 4.69) is 17.1 Å². The average Bonchev–Trinajstić information content (AvgIpc) is 3.30. The summed E-state index contributed by atoms with van der Waals surface area (Å²) >= 11 is 0. The molecule has 3 aliphatic rings. The minimum Gasteiger partial charge on any atom is -0.381 e. The van der Waals surface area contributed by atoms with Crippen LogP contribution in [-0.4, -0.2) is 74.7 Å². The van der Waals surface area contributed by atoms with Crippen LogP contribution in [0.4, 0.5) is 0 Å². The van der Waals surface area contributed by atoms with Crippen LogP contribution in [0.2, 0.25) is 0 Å². The van der Waals surface area contributed by atoms with Gasteiger partial charge in [0.25, 0.3) is 0 Å². The highest BCUT2D eigenvalue weighted by molar-refractivity contribution is 5.85. The summed E-state index contributed by atoms with van der Waals surface area (Å²) in [4.78, 5) is 20.8. The van der Waals surface area contributed by atoms with Crippen LogP contribution in [-0.2, 0) is 9.53 Å². The number of likely N-dealkylation sites (N-methyl/N-ethyl adjacent to an activating group) is 1. The zero-order chi connectivity index (χ0) is 18.5. The minimum atomic E-state index is 0.0564. The first-order valence-corrected chi connectivity index (χ1v) is 10.4. The summed E-state index contributed by atoms with van der Waals surface area (Å²) in [6.07, 6.45) is 7.50. The largest absolute Gasteiger partial charge is 0.381 e. The molecular weight excluding hydrogens is 328 g/mol. The van der Waals surface area contributed by atoms with E-state index in [1.807, 2.05) is 0 Å². The fraction of sp³-hybridized carbons (Fsp3) is 0.900. The molecular formula is C20H36N4O2. The van der Waals surface area contributed by atoms with Crippen molar-refractivity contribution in [3.05, 3.63) is 0 Å². The molecule has 3 fully saturated rings. The number of hydrogen-bond acceptors (Lipinski definition) is 3. The van der Waals surface area contributed by atoms with Crippen LogP contribution in [0.5, 0.6) is 0 Å². The summed E-state index contributed by atoms with van der Waals surface area (Å²) in [5.74, 6) is 3.05. The Kier molecular flexibility index (Phi) is 6.79. The van der Waals surface area contributed by atoms with Crippen LogP contribution >= 0.6 is 0 Å². The van der Waals surface area contributed by atoms with E-state index < -0.39 is 0 Å². The summed E-state index contributed by atoms with van der Waals surface area (Å²) in [6.45, 7) is 6.46. The standard InChI is InChI=1S/C20H36N4O2/c1-15-6-4-5-7-18(15)22-20(21-12-19(25)23(2)3)24-10-8-16(13-24)17-9-11-26-14-17/h15-18H,4-14H2,1-3H3,(H,21,22). The number of carbonyl (C=O) groups excluding carboxylic acids is 1. The van der Waals surface area contributed by atoms with Crippen LogP contribution in [0.15, 0.2) is 4.99 Å². The highest BCUT2D eigenvalue weighted by Crippen LogP contribution is 2.30. The molecule has 2 saturated heterocycles. The van der Waals surface area contributed by atoms with Gasteiger partial charge in [-0.05, 0) is 43.4 Å². The number of nitrogens with zero attached hydrogens (tertiary/aromatic N) is 3. The Morgan fingerprint density at radius 3 is 2.69 bits per heavy atom. The number of amides is 1. The van der Waals surface area contributed by atoms with Crippen molar-refractivity contribution in [2.24, 2.45) is 22.7 Å². The average molecular weight is 365 g/mol. The van der Waals surface area contributed by atoms with Gasteiger partial charge in [-0.1, -0.05) is 19.8 Å². The van der Waals surface area contributed by atoms with Gasteiger partial charge in [0, 0.05) is 46.4 Å². The molecule has 6 nitrogen and oxygen atoms in total. The van der Waals surface area contributed by atoms with Crippen LogP contribution < -0.4 is 5.32 Å². The summed E-state index contributed by atoms with van der Waals surface area (Å²) in [6, 6.07) is 0.478. The van der Waals surface area contributed by atoms with E-state index in [-0.39, 0.29) is 12.5 Å². The number of hydrogen-bond donors (Lipinski definition) is 1. The predicted octanol–water partition coefficient (Wildman–Crippen LogP) is 1.96. The van der Waals surface area contributed by atoms with E-state index >= 15 is 0 Å². The van der Waals surface area contributed by atoms with Crippen molar-refractivity contribution in [1.82, 2.24) is 15.1 Å². The second-order valence-corrected chi connectivity index (χ2v) is 8.56. The molecule has 4 unspecified atom stereocenters. The maximum absolute atomic E-state index is 12.0. The van der Waals surface area contributed by atoms with Crippen LogP contribution in [0, 0.1) is 17.8 Å². The lowest BCUT2D eigenvalue weighted by atomic mass is 9.86. The van der Waals surface area contributed by atoms with Gasteiger partial charge in [-0.3, -0.25) is 4.79 Å². The topological polar surface area (TPSA) is 57.2 Å². The highest BCUT2D eigenvalue weighted by Gasteiger charge is 2.34. The zero-order valence-corrected chi connectivity index (χ0v) is 16.7. The number of aliphatic imine (C=N–C) groups is 1. The SMILES string of the molecule is CC1CCCCC1NC(=NCC(=O)N(C)C)N1CCC(C2CCOC2)C1. The van der Waals surface area contributed by atoms with Gasteiger partial charge in [0.2, 0.25) is 5.91 Å². The third kappa shape index (κ3) is 4.90. The van der Waals surface area contributed by atoms with E-state index in [0.717, 1.165) is 32.3 Å². The molecule has 0 radical (unpaired) electrons. The molecule has 6 heteroatoms. The van der Waals surface area contributed by atoms with E-state index in [1.165, 1.54) is 38.5 Å². The third-order valence-corrected chi connectivity index (χ3v) is 6.44. The lowest BCUT2D eigenvalue weighted by molar-refractivity contribution is -0.127. The van der Waals surface area contributed by atoms with Crippen molar-refractivity contribution >= 4 is 11.9 Å². The lowest BCUT2D eigenvalue weighted by Gasteiger charge is -2.33. The Morgan fingerprint density at radius 2 is 2.00 bits per heavy atom. The van der Waals surface area contributed by atoms with Gasteiger partial charge in [-0.15, -0.1) is 0 Å². The molecule has 0 aromatic heterocycles. The number of nitrogens with one attached hydrogen (secondary N) is 1. The number of rotatable bonds is 4. The van der Waals surface area contributed by atoms with Crippen LogP contribution in [0.1, 0.15) is 45.4 Å². The molecule has 2 heterocycles. The van der Waals surface area contributed by atoms with E-state index in [9.17, 15) is 4.79 Å². The molecule has 2 aliphatic heterocycles. The molecule has 1 amide bonds. The van der Waals surface area contributed by atoms with Crippen molar-refractivity contribution in [1.29, 1.82) is 0 Å². The van der Waals surface area contributed by atoms with Gasteiger partial charge in [0.15, 0.2) is 5.96 Å². The summed E-state index contributed by atoms with van der Waals surface area (Å²) < 4.78 is 5.59. The molecule has 26 heavy (non-hydrogen) atoms. The van der Waals surface area contributed by atoms with E-state index in [0.29, 0.717) is 23.8 Å². The first kappa shape index (κ1) is 19.5. The molecule has 0 bridgehead atoms. The Labute approximate surface area is 158 Å². The van der Waals surface area contributed by atoms with E-state index in [1.54, 1.807) is 19.0 Å². The number of guanidine groups is 1. The van der Waals surface area contributed by atoms with Gasteiger partial charge in [-0.25, -0.2) is 4.99 Å². The summed E-state index contributed by atoms with van der Waals surface area (Å²) in [7, 11) is 3.58. The monoisotopic (exact) mass is 364 g/mol.